The Kier molecular flexibility index (Phi) is 7.39. The molecule has 0 aromatic rings. The summed E-state index contributed by atoms with van der Waals surface area (Å²) in [5.74, 6) is -1.21. The molecule has 0 bridgehead atoms. The largest absolute Gasteiger partial charge is 0.463 e. The van der Waals surface area contributed by atoms with Crippen molar-refractivity contribution < 1.29 is 39.1 Å². The summed E-state index contributed by atoms with van der Waals surface area (Å²) in [6.45, 7) is 8.73. The van der Waals surface area contributed by atoms with E-state index in [0.29, 0.717) is 0 Å². The number of rotatable bonds is 6. The fourth-order valence-electron chi connectivity index (χ4n) is 3.75. The highest BCUT2D eigenvalue weighted by Crippen LogP contribution is 2.43. The van der Waals surface area contributed by atoms with Crippen molar-refractivity contribution in [1.82, 2.24) is 0 Å². The Hall–Kier alpha value is -1.74. The van der Waals surface area contributed by atoms with Gasteiger partial charge in [0.2, 0.25) is 6.29 Å². The van der Waals surface area contributed by atoms with E-state index in [9.17, 15) is 24.9 Å². The third kappa shape index (κ3) is 5.00. The van der Waals surface area contributed by atoms with Gasteiger partial charge in [0.05, 0.1) is 6.42 Å². The van der Waals surface area contributed by atoms with Gasteiger partial charge in [-0.05, 0) is 26.2 Å². The fourth-order valence-corrected chi connectivity index (χ4v) is 3.75. The minimum absolute atomic E-state index is 0.00813. The van der Waals surface area contributed by atoms with E-state index < -0.39 is 42.6 Å². The Morgan fingerprint density at radius 1 is 1.29 bits per heavy atom. The summed E-state index contributed by atoms with van der Waals surface area (Å²) < 4.78 is 15.4. The van der Waals surface area contributed by atoms with Crippen molar-refractivity contribution in [3.05, 3.63) is 23.8 Å². The van der Waals surface area contributed by atoms with Crippen molar-refractivity contribution >= 4 is 11.9 Å². The second-order valence-corrected chi connectivity index (χ2v) is 7.72. The first-order valence-electron chi connectivity index (χ1n) is 9.44. The average molecular weight is 398 g/mol. The van der Waals surface area contributed by atoms with E-state index in [1.54, 1.807) is 0 Å². The van der Waals surface area contributed by atoms with Gasteiger partial charge in [-0.15, -0.1) is 6.58 Å². The third-order valence-electron chi connectivity index (χ3n) is 5.59. The number of aliphatic hydroxyl groups is 3. The van der Waals surface area contributed by atoms with Gasteiger partial charge in [0, 0.05) is 12.3 Å². The number of hydrogen-bond donors (Lipinski definition) is 3. The minimum atomic E-state index is -1.63. The maximum atomic E-state index is 12.5. The Morgan fingerprint density at radius 3 is 2.57 bits per heavy atom. The summed E-state index contributed by atoms with van der Waals surface area (Å²) in [7, 11) is 0. The molecule has 8 nitrogen and oxygen atoms in total. The number of hydrogen-bond acceptors (Lipinski definition) is 8. The molecule has 0 aromatic carbocycles. The van der Waals surface area contributed by atoms with Gasteiger partial charge >= 0.3 is 11.9 Å². The number of carbonyl (C=O) groups is 2. The topological polar surface area (TPSA) is 123 Å². The normalized spacial score (nSPS) is 36.0. The summed E-state index contributed by atoms with van der Waals surface area (Å²) in [4.78, 5) is 23.5. The molecule has 0 radical (unpaired) electrons. The second kappa shape index (κ2) is 9.17. The Balaban J connectivity index is 2.07. The van der Waals surface area contributed by atoms with Crippen LogP contribution in [0.3, 0.4) is 0 Å². The molecule has 0 unspecified atom stereocenters. The summed E-state index contributed by atoms with van der Waals surface area (Å²) >= 11 is 0. The lowest BCUT2D eigenvalue weighted by atomic mass is 9.70. The zero-order valence-corrected chi connectivity index (χ0v) is 16.6. The summed E-state index contributed by atoms with van der Waals surface area (Å²) in [5.41, 5.74) is 1.74. The molecule has 0 amide bonds. The lowest BCUT2D eigenvalue weighted by Crippen LogP contribution is -2.59. The van der Waals surface area contributed by atoms with E-state index in [1.807, 2.05) is 19.9 Å². The molecule has 3 N–H and O–H groups in total. The molecular weight excluding hydrogens is 368 g/mol. The number of esters is 2. The first kappa shape index (κ1) is 22.5. The van der Waals surface area contributed by atoms with Crippen LogP contribution in [0.1, 0.15) is 46.5 Å². The predicted molar refractivity (Wildman–Crippen MR) is 98.9 cm³/mol. The number of carbonyl (C=O) groups excluding carboxylic acids is 2. The number of ether oxygens (including phenoxy) is 3. The standard InChI is InChI=1S/C20H30O8/c1-5-20(4)8-6-7-11(2)13(20)9-15(22)28-19-18(25)17(24)16(23)14(27-19)10-26-12(3)21/h5,14,16-19,23-25H,1,6-10H2,2-4H3/t14-,16-,17+,18-,19+,20+/m1/s1. The van der Waals surface area contributed by atoms with Gasteiger partial charge in [-0.25, -0.2) is 0 Å². The van der Waals surface area contributed by atoms with Crippen LogP contribution in [-0.4, -0.2) is 64.6 Å². The zero-order chi connectivity index (χ0) is 21.1. The molecule has 2 aliphatic rings. The molecule has 158 valence electrons. The molecule has 1 aliphatic carbocycles. The van der Waals surface area contributed by atoms with Gasteiger partial charge in [-0.2, -0.15) is 0 Å². The van der Waals surface area contributed by atoms with Crippen LogP contribution in [0.4, 0.5) is 0 Å². The quantitative estimate of drug-likeness (QED) is 0.447. The Morgan fingerprint density at radius 2 is 1.96 bits per heavy atom. The summed E-state index contributed by atoms with van der Waals surface area (Å²) in [6, 6.07) is 0. The molecule has 28 heavy (non-hydrogen) atoms. The lowest BCUT2D eigenvalue weighted by molar-refractivity contribution is -0.293. The molecule has 1 saturated heterocycles. The van der Waals surface area contributed by atoms with Gasteiger partial charge in [0.15, 0.2) is 0 Å². The molecule has 0 spiro atoms. The number of aliphatic hydroxyl groups excluding tert-OH is 3. The van der Waals surface area contributed by atoms with Crippen LogP contribution in [0.2, 0.25) is 0 Å². The molecular formula is C20H30O8. The predicted octanol–water partition coefficient (Wildman–Crippen LogP) is 0.983. The maximum Gasteiger partial charge on any atom is 0.312 e. The van der Waals surface area contributed by atoms with Crippen LogP contribution in [0.5, 0.6) is 0 Å². The van der Waals surface area contributed by atoms with Gasteiger partial charge in [-0.3, -0.25) is 9.59 Å². The van der Waals surface area contributed by atoms with Crippen LogP contribution in [0.25, 0.3) is 0 Å². The van der Waals surface area contributed by atoms with Crippen LogP contribution >= 0.6 is 0 Å². The molecule has 1 aliphatic heterocycles. The highest BCUT2D eigenvalue weighted by molar-refractivity contribution is 5.73. The first-order valence-corrected chi connectivity index (χ1v) is 9.44. The van der Waals surface area contributed by atoms with E-state index >= 15 is 0 Å². The van der Waals surface area contributed by atoms with E-state index in [2.05, 4.69) is 6.58 Å². The number of allylic oxidation sites excluding steroid dienone is 2. The zero-order valence-electron chi connectivity index (χ0n) is 16.6. The molecule has 1 fully saturated rings. The lowest BCUT2D eigenvalue weighted by Gasteiger charge is -2.40. The van der Waals surface area contributed by atoms with Crippen LogP contribution in [0, 0.1) is 5.41 Å². The average Bonchev–Trinajstić information content (AvgIpc) is 2.64. The van der Waals surface area contributed by atoms with Crippen LogP contribution < -0.4 is 0 Å². The van der Waals surface area contributed by atoms with Crippen molar-refractivity contribution in [2.45, 2.75) is 77.2 Å². The SMILES string of the molecule is C=C[C@@]1(C)CCCC(C)=C1CC(=O)O[C@@H]1O[C@H](COC(C)=O)[C@@H](O)[C@H](O)[C@H]1O. The summed E-state index contributed by atoms with van der Waals surface area (Å²) in [5, 5.41) is 30.1. The fraction of sp³-hybridized carbons (Fsp3) is 0.700. The molecule has 2 rings (SSSR count). The van der Waals surface area contributed by atoms with Crippen LogP contribution in [-0.2, 0) is 23.8 Å². The highest BCUT2D eigenvalue weighted by atomic mass is 16.7. The van der Waals surface area contributed by atoms with Gasteiger partial charge < -0.3 is 29.5 Å². The minimum Gasteiger partial charge on any atom is -0.463 e. The molecule has 0 saturated carbocycles. The monoisotopic (exact) mass is 398 g/mol. The smallest absolute Gasteiger partial charge is 0.312 e. The Bertz CT molecular complexity index is 642. The Labute approximate surface area is 164 Å². The van der Waals surface area contributed by atoms with Crippen LogP contribution in [0.15, 0.2) is 23.8 Å². The van der Waals surface area contributed by atoms with Crippen molar-refractivity contribution in [2.24, 2.45) is 5.41 Å². The second-order valence-electron chi connectivity index (χ2n) is 7.72. The van der Waals surface area contributed by atoms with Gasteiger partial charge in [0.25, 0.3) is 0 Å². The molecule has 8 heteroatoms. The van der Waals surface area contributed by atoms with Crippen molar-refractivity contribution in [3.63, 3.8) is 0 Å². The molecule has 1 heterocycles. The third-order valence-corrected chi connectivity index (χ3v) is 5.59. The van der Waals surface area contributed by atoms with E-state index in [1.165, 1.54) is 6.92 Å². The first-order chi connectivity index (χ1) is 13.1. The van der Waals surface area contributed by atoms with Gasteiger partial charge in [-0.1, -0.05) is 24.1 Å². The molecule has 0 aromatic heterocycles. The van der Waals surface area contributed by atoms with Crippen molar-refractivity contribution in [3.8, 4) is 0 Å². The van der Waals surface area contributed by atoms with Crippen molar-refractivity contribution in [1.29, 1.82) is 0 Å². The summed E-state index contributed by atoms with van der Waals surface area (Å²) in [6.07, 6.45) is -2.71. The van der Waals surface area contributed by atoms with E-state index in [-0.39, 0.29) is 18.4 Å². The van der Waals surface area contributed by atoms with Gasteiger partial charge in [0.1, 0.15) is 31.0 Å². The van der Waals surface area contributed by atoms with E-state index in [4.69, 9.17) is 14.2 Å². The maximum absolute atomic E-state index is 12.5. The van der Waals surface area contributed by atoms with E-state index in [0.717, 1.165) is 30.4 Å². The molecule has 6 atom stereocenters. The highest BCUT2D eigenvalue weighted by Gasteiger charge is 2.46. The van der Waals surface area contributed by atoms with Crippen molar-refractivity contribution in [2.75, 3.05) is 6.61 Å².